The Kier molecular flexibility index (Phi) is 12.5. The highest BCUT2D eigenvalue weighted by Crippen LogP contribution is 2.72. The molecule has 6 aliphatic rings. The molecule has 2 heterocycles. The Morgan fingerprint density at radius 3 is 2.23 bits per heavy atom. The number of hydrogen-bond donors (Lipinski definition) is 5. The zero-order valence-electron chi connectivity index (χ0n) is 36.0. The first kappa shape index (κ1) is 45.1. The number of allylic oxidation sites excluding steroid dienone is 1. The fraction of sp³-hybridized carbons (Fsp3) is 0.717. The summed E-state index contributed by atoms with van der Waals surface area (Å²) in [5, 5.41) is 59.0. The quantitative estimate of drug-likeness (QED) is 0.0986. The zero-order valence-corrected chi connectivity index (χ0v) is 36.0. The number of ketones is 2. The lowest BCUT2D eigenvalue weighted by Gasteiger charge is -2.68. The van der Waals surface area contributed by atoms with Gasteiger partial charge in [0.1, 0.15) is 47.5 Å². The van der Waals surface area contributed by atoms with Crippen molar-refractivity contribution in [1.82, 2.24) is 0 Å². The SMILES string of the molecule is C/C=C(/C)C(=O)O[C@@H]1[C@@H](C(=O)c2ccccc2)[C@@H]2[C@@]3(C)CC[C@H](O[C@H]4C[C@H](O)[C@H](O[C@@H]5O[C@H](C)[C@@H](O)[C@@H](OC)[C@H]5O)[C@@H](C)O4)CC3=CC[C@@]2(O)[C@@]2(O)CC[C@H](C(C)=O)[C@@]12C. The van der Waals surface area contributed by atoms with Gasteiger partial charge in [0.25, 0.3) is 0 Å². The maximum Gasteiger partial charge on any atom is 0.333 e. The van der Waals surface area contributed by atoms with Gasteiger partial charge in [0.2, 0.25) is 0 Å². The normalized spacial score (nSPS) is 46.7. The minimum atomic E-state index is -1.90. The molecule has 0 radical (unpaired) electrons. The number of esters is 1. The van der Waals surface area contributed by atoms with E-state index < -0.39 is 107 Å². The first-order chi connectivity index (χ1) is 28.3. The Balaban J connectivity index is 1.17. The molecule has 0 amide bonds. The zero-order chi connectivity index (χ0) is 43.7. The Morgan fingerprint density at radius 2 is 1.60 bits per heavy atom. The van der Waals surface area contributed by atoms with Gasteiger partial charge in [-0.2, -0.15) is 0 Å². The first-order valence-electron chi connectivity index (χ1n) is 21.5. The summed E-state index contributed by atoms with van der Waals surface area (Å²) < 4.78 is 36.3. The third-order valence-electron chi connectivity index (χ3n) is 15.6. The molecule has 4 aliphatic carbocycles. The van der Waals surface area contributed by atoms with Crippen LogP contribution in [-0.4, -0.2) is 129 Å². The molecule has 18 atom stereocenters. The van der Waals surface area contributed by atoms with E-state index in [4.69, 9.17) is 28.4 Å². The van der Waals surface area contributed by atoms with E-state index in [1.54, 1.807) is 71.0 Å². The number of ether oxygens (including phenoxy) is 6. The van der Waals surface area contributed by atoms with Crippen molar-refractivity contribution in [2.75, 3.05) is 7.11 Å². The third-order valence-corrected chi connectivity index (χ3v) is 15.6. The molecule has 1 aromatic rings. The van der Waals surface area contributed by atoms with Crippen molar-refractivity contribution in [1.29, 1.82) is 0 Å². The molecular weight excluding hydrogens is 776 g/mol. The van der Waals surface area contributed by atoms with E-state index in [9.17, 15) is 35.1 Å². The van der Waals surface area contributed by atoms with Crippen molar-refractivity contribution in [2.45, 2.75) is 172 Å². The van der Waals surface area contributed by atoms with E-state index in [2.05, 4.69) is 0 Å². The van der Waals surface area contributed by atoms with Crippen LogP contribution in [0.5, 0.6) is 0 Å². The molecule has 14 heteroatoms. The maximum atomic E-state index is 15.2. The fourth-order valence-corrected chi connectivity index (χ4v) is 12.2. The highest BCUT2D eigenvalue weighted by atomic mass is 16.7. The van der Waals surface area contributed by atoms with E-state index in [0.717, 1.165) is 5.57 Å². The van der Waals surface area contributed by atoms with Crippen LogP contribution in [0.25, 0.3) is 0 Å². The van der Waals surface area contributed by atoms with Gasteiger partial charge in [0.05, 0.1) is 30.3 Å². The molecule has 60 heavy (non-hydrogen) atoms. The Bertz CT molecular complexity index is 1840. The number of aliphatic hydroxyl groups excluding tert-OH is 3. The van der Waals surface area contributed by atoms with Gasteiger partial charge >= 0.3 is 5.97 Å². The molecule has 3 saturated carbocycles. The molecular formula is C46H64O14. The smallest absolute Gasteiger partial charge is 0.333 e. The molecule has 5 N–H and O–H groups in total. The van der Waals surface area contributed by atoms with Crippen LogP contribution in [0.2, 0.25) is 0 Å². The maximum absolute atomic E-state index is 15.2. The van der Waals surface area contributed by atoms with Gasteiger partial charge in [0, 0.05) is 41.9 Å². The van der Waals surface area contributed by atoms with Gasteiger partial charge in [-0.25, -0.2) is 4.79 Å². The predicted octanol–water partition coefficient (Wildman–Crippen LogP) is 3.73. The average molecular weight is 841 g/mol. The number of hydrogen-bond acceptors (Lipinski definition) is 14. The number of Topliss-reactive ketones (excluding diaryl/α,β-unsaturated/α-hetero) is 2. The summed E-state index contributed by atoms with van der Waals surface area (Å²) in [4.78, 5) is 42.4. The molecule has 1 aromatic carbocycles. The summed E-state index contributed by atoms with van der Waals surface area (Å²) in [6.07, 6.45) is -4.91. The molecule has 7 rings (SSSR count). The lowest BCUT2D eigenvalue weighted by Crippen LogP contribution is -2.79. The molecule has 5 fully saturated rings. The largest absolute Gasteiger partial charge is 0.458 e. The van der Waals surface area contributed by atoms with Gasteiger partial charge < -0.3 is 54.0 Å². The Morgan fingerprint density at radius 1 is 0.900 bits per heavy atom. The van der Waals surface area contributed by atoms with Crippen LogP contribution in [0, 0.1) is 28.6 Å². The molecule has 0 aromatic heterocycles. The number of carbonyl (C=O) groups excluding carboxylic acids is 3. The second-order valence-electron chi connectivity index (χ2n) is 18.7. The topological polar surface area (TPSA) is 208 Å². The van der Waals surface area contributed by atoms with Crippen molar-refractivity contribution in [3.8, 4) is 0 Å². The van der Waals surface area contributed by atoms with Crippen LogP contribution >= 0.6 is 0 Å². The highest BCUT2D eigenvalue weighted by molar-refractivity contribution is 5.99. The van der Waals surface area contributed by atoms with Crippen molar-refractivity contribution in [2.24, 2.45) is 28.6 Å². The molecule has 14 nitrogen and oxygen atoms in total. The van der Waals surface area contributed by atoms with E-state index in [-0.39, 0.29) is 43.4 Å². The summed E-state index contributed by atoms with van der Waals surface area (Å²) in [5.74, 6) is -4.04. The minimum Gasteiger partial charge on any atom is -0.458 e. The molecule has 332 valence electrons. The first-order valence-corrected chi connectivity index (χ1v) is 21.5. The van der Waals surface area contributed by atoms with Crippen molar-refractivity contribution in [3.05, 3.63) is 59.2 Å². The van der Waals surface area contributed by atoms with Crippen LogP contribution in [0.1, 0.15) is 104 Å². The molecule has 0 spiro atoms. The van der Waals surface area contributed by atoms with Crippen molar-refractivity contribution >= 4 is 17.5 Å². The number of carbonyl (C=O) groups is 3. The highest BCUT2D eigenvalue weighted by Gasteiger charge is 2.80. The summed E-state index contributed by atoms with van der Waals surface area (Å²) in [7, 11) is 1.38. The number of methoxy groups -OCH3 is 1. The summed E-state index contributed by atoms with van der Waals surface area (Å²) in [5.41, 5.74) is -4.54. The number of rotatable bonds is 10. The lowest BCUT2D eigenvalue weighted by molar-refractivity contribution is -0.341. The van der Waals surface area contributed by atoms with Crippen LogP contribution in [0.4, 0.5) is 0 Å². The van der Waals surface area contributed by atoms with Crippen LogP contribution in [0.15, 0.2) is 53.6 Å². The molecule has 2 aliphatic heterocycles. The Labute approximate surface area is 352 Å². The number of aliphatic hydroxyl groups is 5. The van der Waals surface area contributed by atoms with Gasteiger partial charge in [-0.3, -0.25) is 9.59 Å². The average Bonchev–Trinajstić information content (AvgIpc) is 3.51. The predicted molar refractivity (Wildman–Crippen MR) is 215 cm³/mol. The van der Waals surface area contributed by atoms with Crippen LogP contribution in [0.3, 0.4) is 0 Å². The van der Waals surface area contributed by atoms with E-state index >= 15 is 4.79 Å². The number of fused-ring (bicyclic) bond motifs is 5. The van der Waals surface area contributed by atoms with E-state index in [1.165, 1.54) is 14.0 Å². The van der Waals surface area contributed by atoms with Crippen LogP contribution in [-0.2, 0) is 38.0 Å². The summed E-state index contributed by atoms with van der Waals surface area (Å²) >= 11 is 0. The second-order valence-corrected chi connectivity index (χ2v) is 18.7. The standard InChI is InChI=1S/C46H64O14/c1-9-23(2)41(52)60-40-33(35(50)27-13-11-10-12-14-27)39-43(6)18-16-29(21-28(43)15-19-45(39,53)46(54)20-17-30(24(3)47)44(40,46)7)58-32-22-31(48)37(26(5)56-32)59-42-36(51)38(55-8)34(49)25(4)57-42/h9-15,25-26,29-34,36-40,42,48-49,51,53-54H,16-22H2,1-8H3/b23-9-/t25-,26-,29+,30-,31+,32+,33+,34-,36-,37-,38-,39-,40-,42+,43+,44+,45+,46-/m1/s1. The second kappa shape index (κ2) is 16.7. The molecule has 0 unspecified atom stereocenters. The summed E-state index contributed by atoms with van der Waals surface area (Å²) in [6, 6.07) is 8.71. The van der Waals surface area contributed by atoms with Crippen molar-refractivity contribution < 1.29 is 68.3 Å². The third kappa shape index (κ3) is 7.07. The van der Waals surface area contributed by atoms with Crippen molar-refractivity contribution in [3.63, 3.8) is 0 Å². The molecule has 0 bridgehead atoms. The number of benzene rings is 1. The Hall–Kier alpha value is -2.89. The van der Waals surface area contributed by atoms with E-state index in [1.807, 2.05) is 13.0 Å². The summed E-state index contributed by atoms with van der Waals surface area (Å²) in [6.45, 7) is 11.9. The van der Waals surface area contributed by atoms with Gasteiger partial charge in [-0.05, 0) is 78.6 Å². The minimum absolute atomic E-state index is 0.00249. The monoisotopic (exact) mass is 840 g/mol. The lowest BCUT2D eigenvalue weighted by atomic mass is 9.39. The van der Waals surface area contributed by atoms with Gasteiger partial charge in [-0.1, -0.05) is 61.9 Å². The van der Waals surface area contributed by atoms with Gasteiger partial charge in [0.15, 0.2) is 18.4 Å². The fourth-order valence-electron chi connectivity index (χ4n) is 12.2. The molecule has 2 saturated heterocycles. The van der Waals surface area contributed by atoms with Gasteiger partial charge in [-0.15, -0.1) is 0 Å². The van der Waals surface area contributed by atoms with E-state index in [0.29, 0.717) is 30.4 Å². The van der Waals surface area contributed by atoms with Crippen LogP contribution < -0.4 is 0 Å².